The molecule has 0 bridgehead atoms. The minimum atomic E-state index is 0.720. The van der Waals surface area contributed by atoms with Crippen LogP contribution >= 0.6 is 11.3 Å². The molecule has 18 heavy (non-hydrogen) atoms. The zero-order chi connectivity index (χ0) is 12.4. The Bertz CT molecular complexity index is 355. The summed E-state index contributed by atoms with van der Waals surface area (Å²) in [5.74, 6) is 0. The standard InChI is InChI=1S/C15H24N2S/c1-2-14(9-16-13-3-4-13)17(15-5-6-15)10-12-7-8-18-11-12/h7-8,11,13-16H,2-6,9-10H2,1H3. The second kappa shape index (κ2) is 5.72. The van der Waals surface area contributed by atoms with Gasteiger partial charge in [0.1, 0.15) is 0 Å². The maximum absolute atomic E-state index is 3.71. The number of nitrogens with zero attached hydrogens (tertiary/aromatic N) is 1. The molecule has 1 aromatic heterocycles. The normalized spacial score (nSPS) is 21.4. The van der Waals surface area contributed by atoms with E-state index in [0.29, 0.717) is 0 Å². The van der Waals surface area contributed by atoms with Crippen molar-refractivity contribution in [2.24, 2.45) is 0 Å². The molecule has 1 N–H and O–H groups in total. The molecule has 0 radical (unpaired) electrons. The largest absolute Gasteiger partial charge is 0.312 e. The predicted octanol–water partition coefficient (Wildman–Crippen LogP) is 3.24. The van der Waals surface area contributed by atoms with Crippen LogP contribution < -0.4 is 5.32 Å². The third-order valence-corrected chi connectivity index (χ3v) is 4.85. The summed E-state index contributed by atoms with van der Waals surface area (Å²) in [6, 6.07) is 4.69. The summed E-state index contributed by atoms with van der Waals surface area (Å²) in [5.41, 5.74) is 1.50. The first-order valence-electron chi connectivity index (χ1n) is 7.37. The van der Waals surface area contributed by atoms with Gasteiger partial charge in [-0.3, -0.25) is 4.90 Å². The number of rotatable bonds is 8. The van der Waals surface area contributed by atoms with Gasteiger partial charge in [0.25, 0.3) is 0 Å². The molecule has 2 fully saturated rings. The predicted molar refractivity (Wildman–Crippen MR) is 78.0 cm³/mol. The molecule has 0 spiro atoms. The molecule has 1 atom stereocenters. The van der Waals surface area contributed by atoms with E-state index in [1.165, 1.54) is 44.2 Å². The number of hydrogen-bond donors (Lipinski definition) is 1. The highest BCUT2D eigenvalue weighted by Gasteiger charge is 2.34. The average molecular weight is 264 g/mol. The van der Waals surface area contributed by atoms with Gasteiger partial charge in [-0.25, -0.2) is 0 Å². The summed E-state index contributed by atoms with van der Waals surface area (Å²) in [6.07, 6.45) is 6.86. The van der Waals surface area contributed by atoms with Crippen molar-refractivity contribution in [2.45, 2.75) is 63.7 Å². The maximum Gasteiger partial charge on any atom is 0.0248 e. The van der Waals surface area contributed by atoms with Crippen molar-refractivity contribution in [2.75, 3.05) is 6.54 Å². The van der Waals surface area contributed by atoms with E-state index in [1.807, 2.05) is 11.3 Å². The molecule has 0 saturated heterocycles. The molecule has 2 aliphatic rings. The summed E-state index contributed by atoms with van der Waals surface area (Å²) in [4.78, 5) is 2.75. The van der Waals surface area contributed by atoms with Crippen molar-refractivity contribution in [3.05, 3.63) is 22.4 Å². The lowest BCUT2D eigenvalue weighted by Crippen LogP contribution is -2.43. The SMILES string of the molecule is CCC(CNC1CC1)N(Cc1ccsc1)C1CC1. The molecular weight excluding hydrogens is 240 g/mol. The number of nitrogens with one attached hydrogen (secondary N) is 1. The number of thiophene rings is 1. The molecule has 2 saturated carbocycles. The minimum Gasteiger partial charge on any atom is -0.312 e. The Labute approximate surface area is 114 Å². The zero-order valence-corrected chi connectivity index (χ0v) is 12.1. The Kier molecular flexibility index (Phi) is 4.02. The fraction of sp³-hybridized carbons (Fsp3) is 0.733. The zero-order valence-electron chi connectivity index (χ0n) is 11.3. The number of hydrogen-bond acceptors (Lipinski definition) is 3. The van der Waals surface area contributed by atoms with Crippen LogP contribution in [0, 0.1) is 0 Å². The topological polar surface area (TPSA) is 15.3 Å². The van der Waals surface area contributed by atoms with Crippen LogP contribution in [-0.2, 0) is 6.54 Å². The highest BCUT2D eigenvalue weighted by Crippen LogP contribution is 2.31. The lowest BCUT2D eigenvalue weighted by atomic mass is 10.1. The third-order valence-electron chi connectivity index (χ3n) is 4.12. The van der Waals surface area contributed by atoms with Gasteiger partial charge in [-0.05, 0) is 54.5 Å². The van der Waals surface area contributed by atoms with Gasteiger partial charge in [0.05, 0.1) is 0 Å². The molecular formula is C15H24N2S. The summed E-state index contributed by atoms with van der Waals surface area (Å²) < 4.78 is 0. The molecule has 0 aliphatic heterocycles. The van der Waals surface area contributed by atoms with Crippen LogP contribution in [-0.4, -0.2) is 29.6 Å². The third kappa shape index (κ3) is 3.34. The summed E-state index contributed by atoms with van der Waals surface area (Å²) in [7, 11) is 0. The van der Waals surface area contributed by atoms with Crippen molar-refractivity contribution in [3.8, 4) is 0 Å². The van der Waals surface area contributed by atoms with Gasteiger partial charge in [-0.2, -0.15) is 11.3 Å². The van der Waals surface area contributed by atoms with Crippen LogP contribution in [0.1, 0.15) is 44.6 Å². The summed E-state index contributed by atoms with van der Waals surface area (Å²) in [6.45, 7) is 4.67. The molecule has 100 valence electrons. The van der Waals surface area contributed by atoms with Gasteiger partial charge in [0, 0.05) is 31.2 Å². The Balaban J connectivity index is 1.58. The van der Waals surface area contributed by atoms with Crippen molar-refractivity contribution >= 4 is 11.3 Å². The first-order valence-corrected chi connectivity index (χ1v) is 8.31. The van der Waals surface area contributed by atoms with E-state index < -0.39 is 0 Å². The van der Waals surface area contributed by atoms with Crippen LogP contribution in [0.3, 0.4) is 0 Å². The highest BCUT2D eigenvalue weighted by atomic mass is 32.1. The van der Waals surface area contributed by atoms with E-state index >= 15 is 0 Å². The Morgan fingerprint density at radius 3 is 2.78 bits per heavy atom. The van der Waals surface area contributed by atoms with E-state index in [2.05, 4.69) is 34.0 Å². The van der Waals surface area contributed by atoms with Crippen LogP contribution in [0.5, 0.6) is 0 Å². The van der Waals surface area contributed by atoms with Crippen molar-refractivity contribution in [1.82, 2.24) is 10.2 Å². The Morgan fingerprint density at radius 2 is 2.22 bits per heavy atom. The molecule has 1 aromatic rings. The van der Waals surface area contributed by atoms with Crippen LogP contribution in [0.25, 0.3) is 0 Å². The molecule has 2 aliphatic carbocycles. The molecule has 3 rings (SSSR count). The monoisotopic (exact) mass is 264 g/mol. The van der Waals surface area contributed by atoms with Crippen LogP contribution in [0.4, 0.5) is 0 Å². The second-order valence-electron chi connectivity index (χ2n) is 5.78. The Morgan fingerprint density at radius 1 is 1.39 bits per heavy atom. The molecule has 1 heterocycles. The van der Waals surface area contributed by atoms with E-state index in [-0.39, 0.29) is 0 Å². The van der Waals surface area contributed by atoms with Crippen molar-refractivity contribution in [3.63, 3.8) is 0 Å². The first-order chi connectivity index (χ1) is 8.86. The van der Waals surface area contributed by atoms with Gasteiger partial charge in [0.15, 0.2) is 0 Å². The Hall–Kier alpha value is -0.380. The van der Waals surface area contributed by atoms with Crippen LogP contribution in [0.2, 0.25) is 0 Å². The van der Waals surface area contributed by atoms with E-state index in [9.17, 15) is 0 Å². The van der Waals surface area contributed by atoms with Gasteiger partial charge in [0.2, 0.25) is 0 Å². The highest BCUT2D eigenvalue weighted by molar-refractivity contribution is 7.07. The fourth-order valence-electron chi connectivity index (χ4n) is 2.64. The average Bonchev–Trinajstić information content (AvgIpc) is 3.30. The lowest BCUT2D eigenvalue weighted by molar-refractivity contribution is 0.168. The maximum atomic E-state index is 3.71. The van der Waals surface area contributed by atoms with E-state index in [4.69, 9.17) is 0 Å². The first kappa shape index (κ1) is 12.6. The second-order valence-corrected chi connectivity index (χ2v) is 6.56. The molecule has 1 unspecified atom stereocenters. The van der Waals surface area contributed by atoms with Gasteiger partial charge in [-0.15, -0.1) is 0 Å². The summed E-state index contributed by atoms with van der Waals surface area (Å²) in [5, 5.41) is 8.21. The van der Waals surface area contributed by atoms with E-state index in [1.54, 1.807) is 0 Å². The van der Waals surface area contributed by atoms with Gasteiger partial charge < -0.3 is 5.32 Å². The molecule has 0 amide bonds. The van der Waals surface area contributed by atoms with Crippen LogP contribution in [0.15, 0.2) is 16.8 Å². The van der Waals surface area contributed by atoms with Crippen molar-refractivity contribution < 1.29 is 0 Å². The van der Waals surface area contributed by atoms with E-state index in [0.717, 1.165) is 24.7 Å². The molecule has 0 aromatic carbocycles. The van der Waals surface area contributed by atoms with Gasteiger partial charge >= 0.3 is 0 Å². The lowest BCUT2D eigenvalue weighted by Gasteiger charge is -2.31. The molecule has 2 nitrogen and oxygen atoms in total. The quantitative estimate of drug-likeness (QED) is 0.775. The smallest absolute Gasteiger partial charge is 0.0248 e. The molecule has 3 heteroatoms. The van der Waals surface area contributed by atoms with Gasteiger partial charge in [-0.1, -0.05) is 6.92 Å². The van der Waals surface area contributed by atoms with Crippen molar-refractivity contribution in [1.29, 1.82) is 0 Å². The summed E-state index contributed by atoms with van der Waals surface area (Å²) >= 11 is 1.82. The fourth-order valence-corrected chi connectivity index (χ4v) is 3.30. The minimum absolute atomic E-state index is 0.720.